The number of hydrogen-bond donors (Lipinski definition) is 1. The third-order valence-corrected chi connectivity index (χ3v) is 5.36. The summed E-state index contributed by atoms with van der Waals surface area (Å²) in [5.41, 5.74) is 0. The van der Waals surface area contributed by atoms with Gasteiger partial charge in [0, 0.05) is 29.1 Å². The summed E-state index contributed by atoms with van der Waals surface area (Å²) in [6.07, 6.45) is 2.26. The van der Waals surface area contributed by atoms with E-state index in [9.17, 15) is 0 Å². The van der Waals surface area contributed by atoms with Gasteiger partial charge in [-0.05, 0) is 41.4 Å². The van der Waals surface area contributed by atoms with Crippen molar-refractivity contribution in [3.8, 4) is 0 Å². The molecule has 94 valence electrons. The topological polar surface area (TPSA) is 24.4 Å². The first-order valence-electron chi connectivity index (χ1n) is 5.85. The molecule has 2 nitrogen and oxygen atoms in total. The van der Waals surface area contributed by atoms with E-state index < -0.39 is 0 Å². The van der Waals surface area contributed by atoms with Crippen LogP contribution in [0.25, 0.3) is 0 Å². The van der Waals surface area contributed by atoms with E-state index in [4.69, 9.17) is 0 Å². The van der Waals surface area contributed by atoms with E-state index in [1.807, 2.05) is 11.8 Å². The van der Waals surface area contributed by atoms with Gasteiger partial charge in [-0.2, -0.15) is 0 Å². The summed E-state index contributed by atoms with van der Waals surface area (Å²) >= 11 is 7.14. The molecular weight excluding hydrogens is 316 g/mol. The fourth-order valence-corrected chi connectivity index (χ4v) is 4.55. The summed E-state index contributed by atoms with van der Waals surface area (Å²) in [6.45, 7) is 5.37. The highest BCUT2D eigenvalue weighted by molar-refractivity contribution is 9.11. The first kappa shape index (κ1) is 13.4. The average molecular weight is 333 g/mol. The van der Waals surface area contributed by atoms with Crippen LogP contribution in [0.5, 0.6) is 0 Å². The Morgan fingerprint density at radius 3 is 2.94 bits per heavy atom. The van der Waals surface area contributed by atoms with Crippen LogP contribution in [0.15, 0.2) is 20.9 Å². The van der Waals surface area contributed by atoms with E-state index in [0.717, 1.165) is 18.1 Å². The minimum Gasteiger partial charge on any atom is -0.362 e. The second kappa shape index (κ2) is 6.25. The van der Waals surface area contributed by atoms with Crippen LogP contribution in [0.1, 0.15) is 25.1 Å². The molecule has 0 radical (unpaired) electrons. The SMILES string of the molecule is CC1CC(C)SC(=NCCc2ccc(Br)s2)N1. The number of hydrogen-bond acceptors (Lipinski definition) is 3. The Labute approximate surface area is 119 Å². The molecule has 5 heteroatoms. The van der Waals surface area contributed by atoms with Gasteiger partial charge in [0.25, 0.3) is 0 Å². The lowest BCUT2D eigenvalue weighted by atomic mass is 10.2. The maximum absolute atomic E-state index is 4.65. The minimum atomic E-state index is 0.556. The quantitative estimate of drug-likeness (QED) is 0.907. The summed E-state index contributed by atoms with van der Waals surface area (Å²) in [7, 11) is 0. The summed E-state index contributed by atoms with van der Waals surface area (Å²) in [5, 5.41) is 5.24. The lowest BCUT2D eigenvalue weighted by Crippen LogP contribution is -2.38. The van der Waals surface area contributed by atoms with Crippen molar-refractivity contribution in [3.63, 3.8) is 0 Å². The molecule has 2 unspecified atom stereocenters. The van der Waals surface area contributed by atoms with Gasteiger partial charge in [0.2, 0.25) is 0 Å². The number of aliphatic imine (C=N–C) groups is 1. The molecule has 2 heterocycles. The number of nitrogens with zero attached hydrogens (tertiary/aromatic N) is 1. The lowest BCUT2D eigenvalue weighted by molar-refractivity contribution is 0.597. The zero-order chi connectivity index (χ0) is 12.3. The van der Waals surface area contributed by atoms with Crippen LogP contribution >= 0.6 is 39.0 Å². The van der Waals surface area contributed by atoms with Crippen molar-refractivity contribution in [2.24, 2.45) is 4.99 Å². The fourth-order valence-electron chi connectivity index (χ4n) is 1.88. The molecule has 0 saturated carbocycles. The molecule has 0 aliphatic carbocycles. The molecule has 2 atom stereocenters. The third kappa shape index (κ3) is 4.30. The van der Waals surface area contributed by atoms with Crippen molar-refractivity contribution in [1.82, 2.24) is 5.32 Å². The zero-order valence-electron chi connectivity index (χ0n) is 10.1. The Morgan fingerprint density at radius 2 is 2.29 bits per heavy atom. The van der Waals surface area contributed by atoms with Crippen LogP contribution in [-0.2, 0) is 6.42 Å². The van der Waals surface area contributed by atoms with Crippen molar-refractivity contribution < 1.29 is 0 Å². The molecule has 2 rings (SSSR count). The normalized spacial score (nSPS) is 27.1. The minimum absolute atomic E-state index is 0.556. The zero-order valence-corrected chi connectivity index (χ0v) is 13.3. The Morgan fingerprint density at radius 1 is 1.47 bits per heavy atom. The summed E-state index contributed by atoms with van der Waals surface area (Å²) in [4.78, 5) is 6.04. The van der Waals surface area contributed by atoms with Crippen LogP contribution in [0.2, 0.25) is 0 Å². The Balaban J connectivity index is 1.83. The number of thioether (sulfide) groups is 1. The van der Waals surface area contributed by atoms with Gasteiger partial charge in [0.1, 0.15) is 0 Å². The van der Waals surface area contributed by atoms with Crippen LogP contribution in [0.4, 0.5) is 0 Å². The number of thiophene rings is 1. The first-order chi connectivity index (χ1) is 8.13. The molecule has 1 aromatic rings. The van der Waals surface area contributed by atoms with Crippen molar-refractivity contribution in [1.29, 1.82) is 0 Å². The van der Waals surface area contributed by atoms with Gasteiger partial charge in [-0.3, -0.25) is 4.99 Å². The van der Waals surface area contributed by atoms with E-state index in [1.54, 1.807) is 11.3 Å². The number of nitrogens with one attached hydrogen (secondary N) is 1. The Bertz CT molecular complexity index is 391. The van der Waals surface area contributed by atoms with Crippen LogP contribution in [0, 0.1) is 0 Å². The average Bonchev–Trinajstić information content (AvgIpc) is 2.63. The molecule has 1 fully saturated rings. The van der Waals surface area contributed by atoms with Gasteiger partial charge in [-0.15, -0.1) is 11.3 Å². The van der Waals surface area contributed by atoms with Gasteiger partial charge < -0.3 is 5.32 Å². The van der Waals surface area contributed by atoms with Gasteiger partial charge in [-0.1, -0.05) is 18.7 Å². The van der Waals surface area contributed by atoms with Crippen LogP contribution in [-0.4, -0.2) is 23.0 Å². The Kier molecular flexibility index (Phi) is 4.94. The summed E-state index contributed by atoms with van der Waals surface area (Å²) in [6, 6.07) is 4.83. The highest BCUT2D eigenvalue weighted by atomic mass is 79.9. The molecule has 0 amide bonds. The van der Waals surface area contributed by atoms with Crippen molar-refractivity contribution in [2.45, 2.75) is 38.0 Å². The number of rotatable bonds is 3. The fraction of sp³-hybridized carbons (Fsp3) is 0.583. The maximum Gasteiger partial charge on any atom is 0.157 e. The predicted molar refractivity (Wildman–Crippen MR) is 82.3 cm³/mol. The van der Waals surface area contributed by atoms with Crippen molar-refractivity contribution in [3.05, 3.63) is 20.8 Å². The molecule has 17 heavy (non-hydrogen) atoms. The number of halogens is 1. The van der Waals surface area contributed by atoms with Crippen LogP contribution < -0.4 is 5.32 Å². The second-order valence-electron chi connectivity index (χ2n) is 4.35. The highest BCUT2D eigenvalue weighted by Gasteiger charge is 2.19. The van der Waals surface area contributed by atoms with Gasteiger partial charge in [-0.25, -0.2) is 0 Å². The largest absolute Gasteiger partial charge is 0.362 e. The van der Waals surface area contributed by atoms with E-state index in [1.165, 1.54) is 15.1 Å². The predicted octanol–water partition coefficient (Wildman–Crippen LogP) is 3.91. The smallest absolute Gasteiger partial charge is 0.157 e. The molecule has 1 saturated heterocycles. The molecule has 1 aromatic heterocycles. The standard InChI is InChI=1S/C12H17BrN2S2/c1-8-7-9(2)16-12(15-8)14-6-5-10-3-4-11(13)17-10/h3-4,8-9H,5-7H2,1-2H3,(H,14,15). The molecule has 1 N–H and O–H groups in total. The molecular formula is C12H17BrN2S2. The van der Waals surface area contributed by atoms with Gasteiger partial charge in [0.05, 0.1) is 3.79 Å². The van der Waals surface area contributed by atoms with E-state index >= 15 is 0 Å². The molecule has 0 bridgehead atoms. The van der Waals surface area contributed by atoms with E-state index in [0.29, 0.717) is 11.3 Å². The van der Waals surface area contributed by atoms with Gasteiger partial charge >= 0.3 is 0 Å². The third-order valence-electron chi connectivity index (χ3n) is 2.61. The summed E-state index contributed by atoms with van der Waals surface area (Å²) in [5.74, 6) is 0. The Hall–Kier alpha value is -0.0000000000000000278. The molecule has 0 aromatic carbocycles. The second-order valence-corrected chi connectivity index (χ2v) is 8.33. The maximum atomic E-state index is 4.65. The molecule has 0 spiro atoms. The molecule has 1 aliphatic rings. The van der Waals surface area contributed by atoms with Crippen LogP contribution in [0.3, 0.4) is 0 Å². The van der Waals surface area contributed by atoms with Crippen molar-refractivity contribution >= 4 is 44.2 Å². The molecule has 1 aliphatic heterocycles. The monoisotopic (exact) mass is 332 g/mol. The van der Waals surface area contributed by atoms with E-state index in [-0.39, 0.29) is 0 Å². The lowest BCUT2D eigenvalue weighted by Gasteiger charge is -2.26. The van der Waals surface area contributed by atoms with E-state index in [2.05, 4.69) is 52.2 Å². The summed E-state index contributed by atoms with van der Waals surface area (Å²) < 4.78 is 1.20. The van der Waals surface area contributed by atoms with Crippen molar-refractivity contribution in [2.75, 3.05) is 6.54 Å². The number of amidine groups is 1. The van der Waals surface area contributed by atoms with Gasteiger partial charge in [0.15, 0.2) is 5.17 Å². The highest BCUT2D eigenvalue weighted by Crippen LogP contribution is 2.24. The first-order valence-corrected chi connectivity index (χ1v) is 8.34.